The van der Waals surface area contributed by atoms with Gasteiger partial charge in [0.15, 0.2) is 0 Å². The maximum Gasteiger partial charge on any atom is 0.267 e. The van der Waals surface area contributed by atoms with Gasteiger partial charge in [-0.05, 0) is 36.6 Å². The lowest BCUT2D eigenvalue weighted by Crippen LogP contribution is -2.29. The fraction of sp³-hybridized carbons (Fsp3) is 0.150. The molecule has 6 heteroatoms. The Labute approximate surface area is 149 Å². The molecule has 0 aliphatic rings. The van der Waals surface area contributed by atoms with Crippen LogP contribution in [-0.4, -0.2) is 27.0 Å². The molecule has 0 radical (unpaired) electrons. The zero-order valence-corrected chi connectivity index (χ0v) is 14.3. The first-order chi connectivity index (χ1) is 12.6. The van der Waals surface area contributed by atoms with Crippen molar-refractivity contribution in [2.75, 3.05) is 6.54 Å². The molecule has 2 N–H and O–H groups in total. The molecular formula is C20H18N4O2. The van der Waals surface area contributed by atoms with Gasteiger partial charge in [-0.25, -0.2) is 4.98 Å². The Kier molecular flexibility index (Phi) is 4.01. The van der Waals surface area contributed by atoms with Crippen molar-refractivity contribution in [3.05, 3.63) is 76.5 Å². The quantitative estimate of drug-likeness (QED) is 0.596. The smallest absolute Gasteiger partial charge is 0.267 e. The SMILES string of the molecule is Cc1nc2ccccc2n1CCNC(=O)c1cc2ccccc2c(=O)[nH]1. The number of para-hydroxylation sites is 2. The highest BCUT2D eigenvalue weighted by atomic mass is 16.2. The van der Waals surface area contributed by atoms with Crippen molar-refractivity contribution in [3.8, 4) is 0 Å². The number of aromatic amines is 1. The number of fused-ring (bicyclic) bond motifs is 2. The first-order valence-corrected chi connectivity index (χ1v) is 8.45. The van der Waals surface area contributed by atoms with E-state index in [0.717, 1.165) is 22.2 Å². The monoisotopic (exact) mass is 346 g/mol. The summed E-state index contributed by atoms with van der Waals surface area (Å²) in [6.07, 6.45) is 0. The van der Waals surface area contributed by atoms with Crippen molar-refractivity contribution in [2.45, 2.75) is 13.5 Å². The number of aryl methyl sites for hydroxylation is 1. The molecule has 0 unspecified atom stereocenters. The van der Waals surface area contributed by atoms with Crippen LogP contribution in [0.1, 0.15) is 16.3 Å². The average Bonchev–Trinajstić information content (AvgIpc) is 2.97. The first kappa shape index (κ1) is 16.1. The number of benzene rings is 2. The summed E-state index contributed by atoms with van der Waals surface area (Å²) in [6.45, 7) is 2.99. The molecule has 130 valence electrons. The molecule has 0 saturated carbocycles. The Morgan fingerprint density at radius 1 is 1.15 bits per heavy atom. The molecule has 2 aromatic heterocycles. The van der Waals surface area contributed by atoms with E-state index in [1.165, 1.54) is 0 Å². The van der Waals surface area contributed by atoms with Crippen LogP contribution in [0.25, 0.3) is 21.8 Å². The van der Waals surface area contributed by atoms with Crippen molar-refractivity contribution < 1.29 is 4.79 Å². The van der Waals surface area contributed by atoms with Crippen LogP contribution in [0.4, 0.5) is 0 Å². The second-order valence-corrected chi connectivity index (χ2v) is 6.15. The number of imidazole rings is 1. The summed E-state index contributed by atoms with van der Waals surface area (Å²) in [6, 6.07) is 16.8. The van der Waals surface area contributed by atoms with Gasteiger partial charge in [0.25, 0.3) is 11.5 Å². The van der Waals surface area contributed by atoms with Crippen LogP contribution in [0, 0.1) is 6.92 Å². The summed E-state index contributed by atoms with van der Waals surface area (Å²) in [5, 5.41) is 4.19. The molecule has 6 nitrogen and oxygen atoms in total. The number of rotatable bonds is 4. The molecule has 1 amide bonds. The molecule has 0 atom stereocenters. The number of carbonyl (C=O) groups is 1. The lowest BCUT2D eigenvalue weighted by Gasteiger charge is -2.09. The van der Waals surface area contributed by atoms with Gasteiger partial charge in [-0.1, -0.05) is 30.3 Å². The van der Waals surface area contributed by atoms with Crippen molar-refractivity contribution in [1.82, 2.24) is 19.9 Å². The van der Waals surface area contributed by atoms with Gasteiger partial charge >= 0.3 is 0 Å². The predicted molar refractivity (Wildman–Crippen MR) is 101 cm³/mol. The molecule has 0 fully saturated rings. The summed E-state index contributed by atoms with van der Waals surface area (Å²) in [5.41, 5.74) is 1.99. The minimum absolute atomic E-state index is 0.260. The molecular weight excluding hydrogens is 328 g/mol. The summed E-state index contributed by atoms with van der Waals surface area (Å²) in [4.78, 5) is 31.7. The number of pyridine rings is 1. The lowest BCUT2D eigenvalue weighted by molar-refractivity contribution is 0.0947. The van der Waals surface area contributed by atoms with Gasteiger partial charge in [-0.15, -0.1) is 0 Å². The fourth-order valence-electron chi connectivity index (χ4n) is 3.19. The largest absolute Gasteiger partial charge is 0.349 e. The van der Waals surface area contributed by atoms with Crippen LogP contribution in [-0.2, 0) is 6.54 Å². The van der Waals surface area contributed by atoms with Crippen molar-refractivity contribution in [3.63, 3.8) is 0 Å². The van der Waals surface area contributed by atoms with Crippen LogP contribution in [0.2, 0.25) is 0 Å². The number of nitrogens with zero attached hydrogens (tertiary/aromatic N) is 2. The Morgan fingerprint density at radius 3 is 2.81 bits per heavy atom. The molecule has 4 rings (SSSR count). The number of hydrogen-bond acceptors (Lipinski definition) is 3. The Balaban J connectivity index is 1.50. The molecule has 0 aliphatic carbocycles. The number of hydrogen-bond donors (Lipinski definition) is 2. The van der Waals surface area contributed by atoms with E-state index in [2.05, 4.69) is 19.9 Å². The minimum Gasteiger partial charge on any atom is -0.349 e. The number of amides is 1. The van der Waals surface area contributed by atoms with Crippen LogP contribution in [0.3, 0.4) is 0 Å². The Morgan fingerprint density at radius 2 is 1.92 bits per heavy atom. The summed E-state index contributed by atoms with van der Waals surface area (Å²) in [7, 11) is 0. The Bertz CT molecular complexity index is 1170. The van der Waals surface area contributed by atoms with E-state index in [1.807, 2.05) is 43.3 Å². The first-order valence-electron chi connectivity index (χ1n) is 8.45. The average molecular weight is 346 g/mol. The third-order valence-electron chi connectivity index (χ3n) is 4.46. The third kappa shape index (κ3) is 2.86. The summed E-state index contributed by atoms with van der Waals surface area (Å²) >= 11 is 0. The van der Waals surface area contributed by atoms with Crippen LogP contribution in [0.15, 0.2) is 59.4 Å². The third-order valence-corrected chi connectivity index (χ3v) is 4.46. The lowest BCUT2D eigenvalue weighted by atomic mass is 10.1. The highest BCUT2D eigenvalue weighted by Gasteiger charge is 2.10. The van der Waals surface area contributed by atoms with Crippen LogP contribution in [0.5, 0.6) is 0 Å². The van der Waals surface area contributed by atoms with Gasteiger partial charge < -0.3 is 14.9 Å². The summed E-state index contributed by atoms with van der Waals surface area (Å²) in [5.74, 6) is 0.606. The highest BCUT2D eigenvalue weighted by Crippen LogP contribution is 2.15. The van der Waals surface area contributed by atoms with Gasteiger partial charge in [-0.3, -0.25) is 9.59 Å². The molecule has 2 heterocycles. The molecule has 0 bridgehead atoms. The molecule has 2 aromatic carbocycles. The second kappa shape index (κ2) is 6.48. The van der Waals surface area contributed by atoms with E-state index in [9.17, 15) is 9.59 Å². The maximum absolute atomic E-state index is 12.4. The fourth-order valence-corrected chi connectivity index (χ4v) is 3.19. The van der Waals surface area contributed by atoms with Crippen LogP contribution >= 0.6 is 0 Å². The van der Waals surface area contributed by atoms with E-state index in [-0.39, 0.29) is 17.2 Å². The van der Waals surface area contributed by atoms with Gasteiger partial charge in [0, 0.05) is 18.5 Å². The number of H-pyrrole nitrogens is 1. The second-order valence-electron chi connectivity index (χ2n) is 6.15. The van der Waals surface area contributed by atoms with E-state index in [0.29, 0.717) is 18.5 Å². The van der Waals surface area contributed by atoms with E-state index in [4.69, 9.17) is 0 Å². The van der Waals surface area contributed by atoms with Crippen molar-refractivity contribution in [2.24, 2.45) is 0 Å². The number of aromatic nitrogens is 3. The van der Waals surface area contributed by atoms with Gasteiger partial charge in [-0.2, -0.15) is 0 Å². The number of carbonyl (C=O) groups excluding carboxylic acids is 1. The zero-order valence-electron chi connectivity index (χ0n) is 14.3. The topological polar surface area (TPSA) is 79.8 Å². The predicted octanol–water partition coefficient (Wildman–Crippen LogP) is 2.62. The van der Waals surface area contributed by atoms with Crippen molar-refractivity contribution >= 4 is 27.7 Å². The van der Waals surface area contributed by atoms with Crippen LogP contribution < -0.4 is 10.9 Å². The zero-order chi connectivity index (χ0) is 18.1. The van der Waals surface area contributed by atoms with E-state index in [1.54, 1.807) is 18.2 Å². The van der Waals surface area contributed by atoms with Gasteiger partial charge in [0.05, 0.1) is 11.0 Å². The maximum atomic E-state index is 12.4. The molecule has 0 saturated heterocycles. The van der Waals surface area contributed by atoms with Crippen molar-refractivity contribution in [1.29, 1.82) is 0 Å². The molecule has 0 aliphatic heterocycles. The normalized spacial score (nSPS) is 11.1. The standard InChI is InChI=1S/C20H18N4O2/c1-13-22-16-8-4-5-9-18(16)24(13)11-10-21-20(26)17-12-14-6-2-3-7-15(14)19(25)23-17/h2-9,12H,10-11H2,1H3,(H,21,26)(H,23,25). The van der Waals surface area contributed by atoms with Gasteiger partial charge in [0.1, 0.15) is 11.5 Å². The molecule has 4 aromatic rings. The van der Waals surface area contributed by atoms with Gasteiger partial charge in [0.2, 0.25) is 0 Å². The Hall–Kier alpha value is -3.41. The minimum atomic E-state index is -0.296. The van der Waals surface area contributed by atoms with E-state index >= 15 is 0 Å². The summed E-state index contributed by atoms with van der Waals surface area (Å²) < 4.78 is 2.07. The molecule has 26 heavy (non-hydrogen) atoms. The highest BCUT2D eigenvalue weighted by molar-refractivity contribution is 5.96. The van der Waals surface area contributed by atoms with E-state index < -0.39 is 0 Å². The molecule has 0 spiro atoms. The number of nitrogens with one attached hydrogen (secondary N) is 2.